The number of halogens is 1. The summed E-state index contributed by atoms with van der Waals surface area (Å²) < 4.78 is 0.874. The van der Waals surface area contributed by atoms with Gasteiger partial charge in [0, 0.05) is 15.4 Å². The van der Waals surface area contributed by atoms with Crippen LogP contribution < -0.4 is 0 Å². The molecule has 0 N–H and O–H groups in total. The fraction of sp³-hybridized carbons (Fsp3) is 0.118. The van der Waals surface area contributed by atoms with E-state index in [9.17, 15) is 4.79 Å². The standard InChI is InChI=1S/C17H13BrN2O/c1-10-6-14-15(7-11(10)2)19-9-20-16(14)17(21)12-4-3-5-13(18)8-12/h3-9H,1-2H3. The van der Waals surface area contributed by atoms with E-state index in [1.165, 1.54) is 6.33 Å². The number of benzene rings is 2. The Morgan fingerprint density at radius 2 is 1.81 bits per heavy atom. The van der Waals surface area contributed by atoms with Crippen molar-refractivity contribution in [2.24, 2.45) is 0 Å². The Morgan fingerprint density at radius 3 is 2.57 bits per heavy atom. The molecule has 0 aliphatic carbocycles. The second kappa shape index (κ2) is 5.37. The van der Waals surface area contributed by atoms with Gasteiger partial charge >= 0.3 is 0 Å². The molecule has 1 aromatic heterocycles. The number of nitrogens with zero attached hydrogens (tertiary/aromatic N) is 2. The van der Waals surface area contributed by atoms with E-state index < -0.39 is 0 Å². The molecule has 0 atom stereocenters. The number of hydrogen-bond donors (Lipinski definition) is 0. The van der Waals surface area contributed by atoms with Crippen molar-refractivity contribution in [2.75, 3.05) is 0 Å². The molecule has 0 unspecified atom stereocenters. The normalized spacial score (nSPS) is 10.8. The average molecular weight is 341 g/mol. The van der Waals surface area contributed by atoms with Gasteiger partial charge in [0.25, 0.3) is 0 Å². The number of carbonyl (C=O) groups is 1. The van der Waals surface area contributed by atoms with E-state index in [4.69, 9.17) is 0 Å². The van der Waals surface area contributed by atoms with Crippen molar-refractivity contribution in [3.05, 3.63) is 69.6 Å². The summed E-state index contributed by atoms with van der Waals surface area (Å²) in [6.45, 7) is 4.06. The zero-order chi connectivity index (χ0) is 15.0. The Morgan fingerprint density at radius 1 is 1.05 bits per heavy atom. The van der Waals surface area contributed by atoms with Gasteiger partial charge in [-0.15, -0.1) is 0 Å². The van der Waals surface area contributed by atoms with E-state index in [0.717, 1.165) is 26.5 Å². The Bertz CT molecular complexity index is 859. The van der Waals surface area contributed by atoms with Crippen molar-refractivity contribution >= 4 is 32.6 Å². The number of ketones is 1. The van der Waals surface area contributed by atoms with E-state index >= 15 is 0 Å². The first-order chi connectivity index (χ1) is 10.1. The summed E-state index contributed by atoms with van der Waals surface area (Å²) in [4.78, 5) is 21.2. The lowest BCUT2D eigenvalue weighted by Crippen LogP contribution is -2.06. The maximum Gasteiger partial charge on any atom is 0.212 e. The van der Waals surface area contributed by atoms with Crippen LogP contribution in [-0.2, 0) is 0 Å². The minimum atomic E-state index is -0.0908. The van der Waals surface area contributed by atoms with E-state index in [2.05, 4.69) is 25.9 Å². The van der Waals surface area contributed by atoms with E-state index in [1.807, 2.05) is 38.1 Å². The maximum atomic E-state index is 12.7. The molecule has 1 heterocycles. The van der Waals surface area contributed by atoms with Gasteiger partial charge in [0.2, 0.25) is 5.78 Å². The van der Waals surface area contributed by atoms with Crippen LogP contribution in [0.15, 0.2) is 47.2 Å². The van der Waals surface area contributed by atoms with E-state index in [1.54, 1.807) is 12.1 Å². The molecule has 0 fully saturated rings. The molecule has 0 saturated heterocycles. The molecule has 0 saturated carbocycles. The van der Waals surface area contributed by atoms with Crippen LogP contribution in [0.3, 0.4) is 0 Å². The Labute approximate surface area is 131 Å². The molecular formula is C17H13BrN2O. The van der Waals surface area contributed by atoms with Gasteiger partial charge in [0.15, 0.2) is 0 Å². The van der Waals surface area contributed by atoms with E-state index in [0.29, 0.717) is 11.3 Å². The number of rotatable bonds is 2. The maximum absolute atomic E-state index is 12.7. The van der Waals surface area contributed by atoms with Crippen molar-refractivity contribution in [3.63, 3.8) is 0 Å². The number of carbonyl (C=O) groups excluding carboxylic acids is 1. The topological polar surface area (TPSA) is 42.9 Å². The molecule has 0 aliphatic heterocycles. The van der Waals surface area contributed by atoms with Crippen LogP contribution in [-0.4, -0.2) is 15.8 Å². The first kappa shape index (κ1) is 13.9. The number of aromatic nitrogens is 2. The second-order valence-corrected chi connectivity index (χ2v) is 5.93. The van der Waals surface area contributed by atoms with Gasteiger partial charge in [-0.2, -0.15) is 0 Å². The lowest BCUT2D eigenvalue weighted by Gasteiger charge is -2.07. The quantitative estimate of drug-likeness (QED) is 0.655. The molecule has 21 heavy (non-hydrogen) atoms. The molecule has 0 bridgehead atoms. The Hall–Kier alpha value is -2.07. The molecule has 4 heteroatoms. The predicted molar refractivity (Wildman–Crippen MR) is 86.6 cm³/mol. The Balaban J connectivity index is 2.20. The zero-order valence-corrected chi connectivity index (χ0v) is 13.3. The van der Waals surface area contributed by atoms with Crippen LogP contribution >= 0.6 is 15.9 Å². The van der Waals surface area contributed by atoms with Gasteiger partial charge in [0.05, 0.1) is 5.52 Å². The highest BCUT2D eigenvalue weighted by Crippen LogP contribution is 2.22. The summed E-state index contributed by atoms with van der Waals surface area (Å²) >= 11 is 3.39. The molecular weight excluding hydrogens is 328 g/mol. The molecule has 0 aliphatic rings. The predicted octanol–water partition coefficient (Wildman–Crippen LogP) is 4.24. The average Bonchev–Trinajstić information content (AvgIpc) is 2.47. The van der Waals surface area contributed by atoms with Gasteiger partial charge in [-0.1, -0.05) is 28.1 Å². The van der Waals surface area contributed by atoms with Gasteiger partial charge in [0.1, 0.15) is 12.0 Å². The minimum absolute atomic E-state index is 0.0908. The van der Waals surface area contributed by atoms with Crippen molar-refractivity contribution in [1.29, 1.82) is 0 Å². The highest BCUT2D eigenvalue weighted by molar-refractivity contribution is 9.10. The SMILES string of the molecule is Cc1cc2ncnc(C(=O)c3cccc(Br)c3)c2cc1C. The highest BCUT2D eigenvalue weighted by atomic mass is 79.9. The summed E-state index contributed by atoms with van der Waals surface area (Å²) in [6.07, 6.45) is 1.45. The van der Waals surface area contributed by atoms with Gasteiger partial charge in [-0.25, -0.2) is 9.97 Å². The molecule has 0 spiro atoms. The number of hydrogen-bond acceptors (Lipinski definition) is 3. The second-order valence-electron chi connectivity index (χ2n) is 5.02. The van der Waals surface area contributed by atoms with Crippen molar-refractivity contribution in [3.8, 4) is 0 Å². The lowest BCUT2D eigenvalue weighted by atomic mass is 10.0. The third kappa shape index (κ3) is 2.59. The molecule has 3 nitrogen and oxygen atoms in total. The summed E-state index contributed by atoms with van der Waals surface area (Å²) in [5.74, 6) is -0.0908. The van der Waals surface area contributed by atoms with Crippen LogP contribution in [0.4, 0.5) is 0 Å². The van der Waals surface area contributed by atoms with Crippen LogP contribution in [0.25, 0.3) is 10.9 Å². The summed E-state index contributed by atoms with van der Waals surface area (Å²) in [5, 5.41) is 0.797. The summed E-state index contributed by atoms with van der Waals surface area (Å²) in [5.41, 5.74) is 4.14. The molecule has 3 aromatic rings. The molecule has 0 amide bonds. The highest BCUT2D eigenvalue weighted by Gasteiger charge is 2.15. The summed E-state index contributed by atoms with van der Waals surface area (Å²) in [6, 6.07) is 11.3. The monoisotopic (exact) mass is 340 g/mol. The van der Waals surface area contributed by atoms with Gasteiger partial charge in [-0.3, -0.25) is 4.79 Å². The minimum Gasteiger partial charge on any atom is -0.287 e. The van der Waals surface area contributed by atoms with Crippen molar-refractivity contribution < 1.29 is 4.79 Å². The molecule has 3 rings (SSSR count). The largest absolute Gasteiger partial charge is 0.287 e. The third-order valence-electron chi connectivity index (χ3n) is 3.55. The van der Waals surface area contributed by atoms with Crippen LogP contribution in [0.5, 0.6) is 0 Å². The molecule has 2 aromatic carbocycles. The Kier molecular flexibility index (Phi) is 3.55. The zero-order valence-electron chi connectivity index (χ0n) is 11.7. The number of aryl methyl sites for hydroxylation is 2. The third-order valence-corrected chi connectivity index (χ3v) is 4.05. The lowest BCUT2D eigenvalue weighted by molar-refractivity contribution is 0.103. The smallest absolute Gasteiger partial charge is 0.212 e. The fourth-order valence-electron chi connectivity index (χ4n) is 2.26. The van der Waals surface area contributed by atoms with Crippen LogP contribution in [0.2, 0.25) is 0 Å². The van der Waals surface area contributed by atoms with Crippen molar-refractivity contribution in [2.45, 2.75) is 13.8 Å². The summed E-state index contributed by atoms with van der Waals surface area (Å²) in [7, 11) is 0. The van der Waals surface area contributed by atoms with Crippen LogP contribution in [0, 0.1) is 13.8 Å². The van der Waals surface area contributed by atoms with Gasteiger partial charge < -0.3 is 0 Å². The molecule has 0 radical (unpaired) electrons. The fourth-order valence-corrected chi connectivity index (χ4v) is 2.66. The first-order valence-electron chi connectivity index (χ1n) is 6.58. The first-order valence-corrected chi connectivity index (χ1v) is 7.38. The van der Waals surface area contributed by atoms with Crippen molar-refractivity contribution in [1.82, 2.24) is 9.97 Å². The van der Waals surface area contributed by atoms with Gasteiger partial charge in [-0.05, 0) is 49.2 Å². The van der Waals surface area contributed by atoms with E-state index in [-0.39, 0.29) is 5.78 Å². The van der Waals surface area contributed by atoms with Crippen LogP contribution in [0.1, 0.15) is 27.2 Å². The number of fused-ring (bicyclic) bond motifs is 1. The molecule has 104 valence electrons.